The van der Waals surface area contributed by atoms with Crippen molar-refractivity contribution in [3.63, 3.8) is 0 Å². The molecule has 4 rings (SSSR count). The van der Waals surface area contributed by atoms with Gasteiger partial charge in [-0.05, 0) is 17.7 Å². The van der Waals surface area contributed by atoms with Crippen LogP contribution in [-0.2, 0) is 0 Å². The molecule has 0 radical (unpaired) electrons. The van der Waals surface area contributed by atoms with Crippen molar-refractivity contribution in [1.29, 1.82) is 0 Å². The molecule has 1 aromatic heterocycles. The quantitative estimate of drug-likeness (QED) is 0.780. The number of phenols is 1. The molecule has 3 aromatic rings. The molecule has 24 heavy (non-hydrogen) atoms. The maximum Gasteiger partial charge on any atom is 0.229 e. The lowest BCUT2D eigenvalue weighted by Gasteiger charge is -2.10. The Morgan fingerprint density at radius 1 is 1.08 bits per heavy atom. The van der Waals surface area contributed by atoms with Gasteiger partial charge in [-0.3, -0.25) is 9.59 Å². The fourth-order valence-electron chi connectivity index (χ4n) is 2.90. The number of ketones is 2. The van der Waals surface area contributed by atoms with Gasteiger partial charge in [0.2, 0.25) is 5.78 Å². The molecule has 0 saturated carbocycles. The predicted octanol–water partition coefficient (Wildman–Crippen LogP) is 3.61. The number of rotatable bonds is 2. The summed E-state index contributed by atoms with van der Waals surface area (Å²) >= 11 is 0. The Morgan fingerprint density at radius 2 is 1.83 bits per heavy atom. The minimum atomic E-state index is -0.356. The number of Topliss-reactive ketones (excluding diaryl/α,β-unsaturated/α-hetero) is 1. The molecular weight excluding hydrogens is 308 g/mol. The zero-order chi connectivity index (χ0) is 16.8. The monoisotopic (exact) mass is 320 g/mol. The van der Waals surface area contributed by atoms with Crippen LogP contribution in [0.4, 0.5) is 0 Å². The third kappa shape index (κ3) is 1.95. The van der Waals surface area contributed by atoms with Gasteiger partial charge in [-0.15, -0.1) is 0 Å². The summed E-state index contributed by atoms with van der Waals surface area (Å²) in [5.41, 5.74) is 1.44. The maximum absolute atomic E-state index is 12.8. The lowest BCUT2D eigenvalue weighted by atomic mass is 9.90. The molecule has 0 atom stereocenters. The van der Waals surface area contributed by atoms with Crippen molar-refractivity contribution >= 4 is 28.1 Å². The Hall–Kier alpha value is -3.34. The summed E-state index contributed by atoms with van der Waals surface area (Å²) in [6.07, 6.45) is 1.32. The smallest absolute Gasteiger partial charge is 0.229 e. The highest BCUT2D eigenvalue weighted by molar-refractivity contribution is 6.39. The highest BCUT2D eigenvalue weighted by Gasteiger charge is 2.32. The number of phenolic OH excluding ortho intramolecular Hbond substituents is 1. The van der Waals surface area contributed by atoms with E-state index in [4.69, 9.17) is 9.15 Å². The number of hydrogen-bond acceptors (Lipinski definition) is 5. The Kier molecular flexibility index (Phi) is 3.03. The van der Waals surface area contributed by atoms with Crippen LogP contribution in [0.2, 0.25) is 0 Å². The van der Waals surface area contributed by atoms with Gasteiger partial charge in [-0.1, -0.05) is 30.3 Å². The first-order chi connectivity index (χ1) is 11.6. The van der Waals surface area contributed by atoms with Crippen LogP contribution >= 0.6 is 0 Å². The van der Waals surface area contributed by atoms with Crippen LogP contribution in [0.25, 0.3) is 16.5 Å². The fourth-order valence-corrected chi connectivity index (χ4v) is 2.90. The Balaban J connectivity index is 1.93. The number of aromatic hydroxyl groups is 1. The Labute approximate surface area is 136 Å². The number of carbonyl (C=O) groups excluding carboxylic acids is 2. The van der Waals surface area contributed by atoms with Crippen LogP contribution in [-0.4, -0.2) is 23.8 Å². The molecule has 0 saturated heterocycles. The van der Waals surface area contributed by atoms with Crippen molar-refractivity contribution in [2.75, 3.05) is 7.11 Å². The number of methoxy groups -OCH3 is 1. The van der Waals surface area contributed by atoms with E-state index in [1.54, 1.807) is 24.3 Å². The van der Waals surface area contributed by atoms with Crippen LogP contribution in [0.3, 0.4) is 0 Å². The minimum Gasteiger partial charge on any atom is -0.504 e. The number of fused-ring (bicyclic) bond motifs is 3. The van der Waals surface area contributed by atoms with E-state index in [1.165, 1.54) is 25.3 Å². The molecule has 1 aliphatic carbocycles. The first-order valence-corrected chi connectivity index (χ1v) is 7.30. The van der Waals surface area contributed by atoms with Crippen molar-refractivity contribution in [1.82, 2.24) is 0 Å². The van der Waals surface area contributed by atoms with Crippen molar-refractivity contribution in [2.24, 2.45) is 0 Å². The molecule has 0 spiro atoms. The van der Waals surface area contributed by atoms with E-state index in [0.29, 0.717) is 22.1 Å². The molecule has 0 aliphatic heterocycles. The molecule has 0 amide bonds. The second kappa shape index (κ2) is 5.09. The third-order valence-electron chi connectivity index (χ3n) is 4.05. The van der Waals surface area contributed by atoms with E-state index >= 15 is 0 Å². The third-order valence-corrected chi connectivity index (χ3v) is 4.05. The number of carbonyl (C=O) groups is 2. The van der Waals surface area contributed by atoms with Gasteiger partial charge >= 0.3 is 0 Å². The zero-order valence-corrected chi connectivity index (χ0v) is 12.7. The molecule has 1 N–H and O–H groups in total. The van der Waals surface area contributed by atoms with E-state index in [0.717, 1.165) is 0 Å². The highest BCUT2D eigenvalue weighted by atomic mass is 16.5. The maximum atomic E-state index is 12.8. The molecule has 5 heteroatoms. The van der Waals surface area contributed by atoms with Crippen LogP contribution in [0.15, 0.2) is 53.0 Å². The predicted molar refractivity (Wildman–Crippen MR) is 87.5 cm³/mol. The van der Waals surface area contributed by atoms with Crippen LogP contribution in [0.5, 0.6) is 11.5 Å². The molecule has 1 aliphatic rings. The topological polar surface area (TPSA) is 76.7 Å². The standard InChI is InChI=1S/C19H12O5/c1-23-16-9-15-12(8-13(16)20)17-14(21)7-11(18(22)19(17)24-15)10-5-3-2-4-6-10/h2-9,20H,1H3. The van der Waals surface area contributed by atoms with Gasteiger partial charge in [0.15, 0.2) is 23.0 Å². The number of allylic oxidation sites excluding steroid dienone is 2. The first kappa shape index (κ1) is 14.3. The summed E-state index contributed by atoms with van der Waals surface area (Å²) in [7, 11) is 1.41. The summed E-state index contributed by atoms with van der Waals surface area (Å²) in [5, 5.41) is 10.3. The van der Waals surface area contributed by atoms with Crippen molar-refractivity contribution in [3.8, 4) is 11.5 Å². The lowest BCUT2D eigenvalue weighted by Crippen LogP contribution is -2.14. The highest BCUT2D eigenvalue weighted by Crippen LogP contribution is 2.39. The zero-order valence-electron chi connectivity index (χ0n) is 12.7. The average Bonchev–Trinajstić information content (AvgIpc) is 2.97. The van der Waals surface area contributed by atoms with Gasteiger partial charge in [0.1, 0.15) is 5.58 Å². The molecule has 1 heterocycles. The summed E-state index contributed by atoms with van der Waals surface area (Å²) in [5.74, 6) is -0.599. The number of hydrogen-bond donors (Lipinski definition) is 1. The lowest BCUT2D eigenvalue weighted by molar-refractivity contribution is 0.0986. The summed E-state index contributed by atoms with van der Waals surface area (Å²) < 4.78 is 10.7. The largest absolute Gasteiger partial charge is 0.504 e. The first-order valence-electron chi connectivity index (χ1n) is 7.30. The average molecular weight is 320 g/mol. The fraction of sp³-hybridized carbons (Fsp3) is 0.0526. The van der Waals surface area contributed by atoms with Crippen molar-refractivity contribution in [2.45, 2.75) is 0 Å². The van der Waals surface area contributed by atoms with Crippen LogP contribution in [0, 0.1) is 0 Å². The molecule has 5 nitrogen and oxygen atoms in total. The van der Waals surface area contributed by atoms with Gasteiger partial charge in [-0.2, -0.15) is 0 Å². The van der Waals surface area contributed by atoms with E-state index in [9.17, 15) is 14.7 Å². The summed E-state index contributed by atoms with van der Waals surface area (Å²) in [6.45, 7) is 0. The van der Waals surface area contributed by atoms with Crippen LogP contribution in [0.1, 0.15) is 26.5 Å². The second-order valence-corrected chi connectivity index (χ2v) is 5.44. The van der Waals surface area contributed by atoms with Crippen molar-refractivity contribution < 1.29 is 23.8 Å². The number of benzene rings is 2. The van der Waals surface area contributed by atoms with E-state index in [1.807, 2.05) is 6.07 Å². The van der Waals surface area contributed by atoms with Crippen LogP contribution < -0.4 is 4.74 Å². The van der Waals surface area contributed by atoms with E-state index in [2.05, 4.69) is 0 Å². The Morgan fingerprint density at radius 3 is 2.54 bits per heavy atom. The van der Waals surface area contributed by atoms with E-state index < -0.39 is 0 Å². The second-order valence-electron chi connectivity index (χ2n) is 5.44. The Bertz CT molecular complexity index is 1020. The summed E-state index contributed by atoms with van der Waals surface area (Å²) in [6, 6.07) is 11.8. The molecule has 0 unspecified atom stereocenters. The van der Waals surface area contributed by atoms with Crippen molar-refractivity contribution in [3.05, 3.63) is 65.4 Å². The summed E-state index contributed by atoms with van der Waals surface area (Å²) in [4.78, 5) is 25.3. The van der Waals surface area contributed by atoms with Gasteiger partial charge in [-0.25, -0.2) is 0 Å². The SMILES string of the molecule is COc1cc2oc3c(c2cc1O)C(=O)C=C(c1ccccc1)C3=O. The van der Waals surface area contributed by atoms with E-state index in [-0.39, 0.29) is 34.4 Å². The van der Waals surface area contributed by atoms with Gasteiger partial charge in [0, 0.05) is 17.0 Å². The molecule has 118 valence electrons. The molecule has 0 bridgehead atoms. The molecular formula is C19H12O5. The normalized spacial score (nSPS) is 13.8. The number of furan rings is 1. The molecule has 2 aromatic carbocycles. The van der Waals surface area contributed by atoms with Gasteiger partial charge < -0.3 is 14.3 Å². The van der Waals surface area contributed by atoms with Gasteiger partial charge in [0.25, 0.3) is 0 Å². The molecule has 0 fully saturated rings. The minimum absolute atomic E-state index is 0.0102. The number of ether oxygens (including phenoxy) is 1. The van der Waals surface area contributed by atoms with Gasteiger partial charge in [0.05, 0.1) is 12.7 Å².